The number of ether oxygens (including phenoxy) is 1. The molecule has 158 valence electrons. The van der Waals surface area contributed by atoms with E-state index in [1.165, 1.54) is 17.5 Å². The van der Waals surface area contributed by atoms with Gasteiger partial charge in [0.2, 0.25) is 5.91 Å². The van der Waals surface area contributed by atoms with Gasteiger partial charge in [0.25, 0.3) is 5.91 Å². The Balaban J connectivity index is 1.65. The van der Waals surface area contributed by atoms with Gasteiger partial charge >= 0.3 is 5.97 Å². The number of carbonyl (C=O) groups excluding carboxylic acids is 2. The Hall–Kier alpha value is -2.94. The van der Waals surface area contributed by atoms with Gasteiger partial charge in [0, 0.05) is 16.1 Å². The molecule has 2 amide bonds. The van der Waals surface area contributed by atoms with Gasteiger partial charge < -0.3 is 9.84 Å². The summed E-state index contributed by atoms with van der Waals surface area (Å²) in [6.07, 6.45) is -0.212. The Kier molecular flexibility index (Phi) is 5.70. The van der Waals surface area contributed by atoms with Gasteiger partial charge in [-0.1, -0.05) is 23.2 Å². The topological polar surface area (TPSA) is 83.9 Å². The number of carboxylic acids is 1. The number of amides is 2. The first-order valence-electron chi connectivity index (χ1n) is 8.83. The van der Waals surface area contributed by atoms with Crippen molar-refractivity contribution in [3.05, 3.63) is 79.2 Å². The van der Waals surface area contributed by atoms with Crippen LogP contribution in [0.2, 0.25) is 10.0 Å². The van der Waals surface area contributed by atoms with E-state index in [0.29, 0.717) is 26.1 Å². The minimum atomic E-state index is -1.29. The third kappa shape index (κ3) is 4.14. The molecule has 0 spiro atoms. The zero-order chi connectivity index (χ0) is 22.3. The molecule has 3 aromatic rings. The number of benzene rings is 2. The van der Waals surface area contributed by atoms with Gasteiger partial charge in [-0.05, 0) is 46.8 Å². The number of hydrogen-bond acceptors (Lipinski definition) is 5. The maximum atomic E-state index is 14.6. The summed E-state index contributed by atoms with van der Waals surface area (Å²) in [5.74, 6) is -3.46. The number of carboxylic acid groups (broad SMARTS) is 1. The van der Waals surface area contributed by atoms with E-state index in [-0.39, 0.29) is 34.9 Å². The van der Waals surface area contributed by atoms with Crippen LogP contribution in [0.1, 0.15) is 31.2 Å². The molecule has 0 atom stereocenters. The summed E-state index contributed by atoms with van der Waals surface area (Å²) in [7, 11) is 0. The van der Waals surface area contributed by atoms with Gasteiger partial charge in [0.05, 0.1) is 17.7 Å². The van der Waals surface area contributed by atoms with E-state index in [4.69, 9.17) is 27.9 Å². The van der Waals surface area contributed by atoms with E-state index >= 15 is 0 Å². The normalized spacial score (nSPS) is 13.3. The van der Waals surface area contributed by atoms with Crippen molar-refractivity contribution in [2.45, 2.75) is 13.0 Å². The molecule has 31 heavy (non-hydrogen) atoms. The van der Waals surface area contributed by atoms with Crippen LogP contribution in [-0.4, -0.2) is 22.9 Å². The predicted molar refractivity (Wildman–Crippen MR) is 114 cm³/mol. The van der Waals surface area contributed by atoms with Crippen molar-refractivity contribution >= 4 is 58.0 Å². The van der Waals surface area contributed by atoms with Crippen LogP contribution in [-0.2, 0) is 17.8 Å². The highest BCUT2D eigenvalue weighted by atomic mass is 35.5. The molecule has 0 aliphatic carbocycles. The summed E-state index contributed by atoms with van der Waals surface area (Å²) in [6, 6.07) is 8.51. The van der Waals surface area contributed by atoms with Gasteiger partial charge in [-0.15, -0.1) is 11.3 Å². The number of halogens is 3. The zero-order valence-corrected chi connectivity index (χ0v) is 17.9. The highest BCUT2D eigenvalue weighted by Gasteiger charge is 2.38. The van der Waals surface area contributed by atoms with Gasteiger partial charge in [-0.25, -0.2) is 14.1 Å². The van der Waals surface area contributed by atoms with Gasteiger partial charge in [-0.2, -0.15) is 0 Å². The summed E-state index contributed by atoms with van der Waals surface area (Å²) < 4.78 is 20.2. The van der Waals surface area contributed by atoms with Crippen molar-refractivity contribution in [2.24, 2.45) is 0 Å². The molecular formula is C21H12Cl2FNO5S. The van der Waals surface area contributed by atoms with E-state index < -0.39 is 23.6 Å². The van der Waals surface area contributed by atoms with Crippen LogP contribution < -0.4 is 9.64 Å². The molecule has 0 saturated heterocycles. The van der Waals surface area contributed by atoms with Crippen molar-refractivity contribution in [2.75, 3.05) is 4.90 Å². The number of aromatic carboxylic acids is 1. The fourth-order valence-corrected chi connectivity index (χ4v) is 4.71. The fourth-order valence-electron chi connectivity index (χ4n) is 3.24. The first-order chi connectivity index (χ1) is 14.7. The molecule has 10 heteroatoms. The van der Waals surface area contributed by atoms with Crippen molar-refractivity contribution in [1.29, 1.82) is 0 Å². The number of rotatable bonds is 5. The van der Waals surface area contributed by atoms with Crippen LogP contribution in [0.3, 0.4) is 0 Å². The quantitative estimate of drug-likeness (QED) is 0.508. The molecule has 2 heterocycles. The first kappa shape index (κ1) is 21.3. The van der Waals surface area contributed by atoms with Crippen molar-refractivity contribution in [3.63, 3.8) is 0 Å². The zero-order valence-electron chi connectivity index (χ0n) is 15.5. The molecular weight excluding hydrogens is 468 g/mol. The summed E-state index contributed by atoms with van der Waals surface area (Å²) >= 11 is 12.8. The van der Waals surface area contributed by atoms with Crippen LogP contribution in [0.5, 0.6) is 5.75 Å². The summed E-state index contributed by atoms with van der Waals surface area (Å²) in [4.78, 5) is 37.4. The van der Waals surface area contributed by atoms with Crippen LogP contribution in [0.15, 0.2) is 41.8 Å². The summed E-state index contributed by atoms with van der Waals surface area (Å²) in [6.45, 7) is 0.0606. The van der Waals surface area contributed by atoms with Crippen molar-refractivity contribution in [3.8, 4) is 5.75 Å². The smallest absolute Gasteiger partial charge is 0.346 e. The average Bonchev–Trinajstić information content (AvgIpc) is 3.12. The maximum absolute atomic E-state index is 14.6. The minimum Gasteiger partial charge on any atom is -0.489 e. The van der Waals surface area contributed by atoms with Crippen molar-refractivity contribution in [1.82, 2.24) is 0 Å². The molecule has 1 aliphatic rings. The monoisotopic (exact) mass is 479 g/mol. The van der Waals surface area contributed by atoms with E-state index in [1.807, 2.05) is 0 Å². The number of nitrogens with zero attached hydrogens (tertiary/aromatic N) is 1. The summed E-state index contributed by atoms with van der Waals surface area (Å²) in [5, 5.41) is 11.6. The molecule has 0 radical (unpaired) electrons. The molecule has 1 aromatic heterocycles. The van der Waals surface area contributed by atoms with Crippen LogP contribution in [0, 0.1) is 5.82 Å². The second-order valence-electron chi connectivity index (χ2n) is 6.66. The van der Waals surface area contributed by atoms with E-state index in [9.17, 15) is 23.9 Å². The lowest BCUT2D eigenvalue weighted by molar-refractivity contribution is -0.117. The Morgan fingerprint density at radius 2 is 1.87 bits per heavy atom. The second kappa shape index (κ2) is 8.30. The number of imide groups is 1. The Morgan fingerprint density at radius 3 is 2.55 bits per heavy atom. The molecule has 1 aliphatic heterocycles. The maximum Gasteiger partial charge on any atom is 0.346 e. The predicted octanol–water partition coefficient (Wildman–Crippen LogP) is 5.20. The van der Waals surface area contributed by atoms with Gasteiger partial charge in [0.1, 0.15) is 23.1 Å². The number of anilines is 1. The average molecular weight is 480 g/mol. The Morgan fingerprint density at radius 1 is 1.16 bits per heavy atom. The third-order valence-corrected chi connectivity index (χ3v) is 6.01. The molecule has 0 bridgehead atoms. The molecule has 6 nitrogen and oxygen atoms in total. The Bertz CT molecular complexity index is 1220. The van der Waals surface area contributed by atoms with E-state index in [1.54, 1.807) is 18.2 Å². The number of hydrogen-bond donors (Lipinski definition) is 1. The largest absolute Gasteiger partial charge is 0.489 e. The van der Waals surface area contributed by atoms with E-state index in [0.717, 1.165) is 17.4 Å². The molecule has 0 saturated carbocycles. The number of fused-ring (bicyclic) bond motifs is 1. The second-order valence-corrected chi connectivity index (χ2v) is 8.41. The lowest BCUT2D eigenvalue weighted by atomic mass is 10.0. The Labute approximate surface area is 189 Å². The molecule has 4 rings (SSSR count). The number of carbonyl (C=O) groups is 3. The van der Waals surface area contributed by atoms with Gasteiger partial charge in [-0.3, -0.25) is 9.59 Å². The molecule has 1 N–H and O–H groups in total. The molecule has 0 unspecified atom stereocenters. The third-order valence-electron chi connectivity index (χ3n) is 4.56. The van der Waals surface area contributed by atoms with Crippen molar-refractivity contribution < 1.29 is 28.6 Å². The first-order valence-corrected chi connectivity index (χ1v) is 10.5. The van der Waals surface area contributed by atoms with Crippen LogP contribution in [0.25, 0.3) is 0 Å². The lowest BCUT2D eigenvalue weighted by Crippen LogP contribution is -2.43. The highest BCUT2D eigenvalue weighted by molar-refractivity contribution is 7.12. The SMILES string of the molecule is O=C(O)c1scc2c1C(=O)N(c1cc(OCc3cc(Cl)cc(Cl)c3)ccc1F)C(=O)C2. The fraction of sp³-hybridized carbons (Fsp3) is 0.0952. The lowest BCUT2D eigenvalue weighted by Gasteiger charge is -2.26. The minimum absolute atomic E-state index is 0.0606. The van der Waals surface area contributed by atoms with Crippen LogP contribution >= 0.6 is 34.5 Å². The molecule has 2 aromatic carbocycles. The highest BCUT2D eigenvalue weighted by Crippen LogP contribution is 2.34. The standard InChI is InChI=1S/C21H12Cl2FNO5S/c22-12-3-10(4-13(23)6-12)8-30-14-1-2-15(24)16(7-14)25-17(26)5-11-9-31-19(21(28)29)18(11)20(25)27/h1-4,6-7,9H,5,8H2,(H,28,29). The number of thiophene rings is 1. The summed E-state index contributed by atoms with van der Waals surface area (Å²) in [5.41, 5.74) is 0.572. The van der Waals surface area contributed by atoms with E-state index in [2.05, 4.69) is 0 Å². The van der Waals surface area contributed by atoms with Gasteiger partial charge in [0.15, 0.2) is 0 Å². The molecule has 0 fully saturated rings. The van der Waals surface area contributed by atoms with Crippen LogP contribution in [0.4, 0.5) is 10.1 Å².